The van der Waals surface area contributed by atoms with Crippen molar-refractivity contribution in [1.29, 1.82) is 0 Å². The number of benzene rings is 1. The van der Waals surface area contributed by atoms with Crippen LogP contribution in [0.2, 0.25) is 0 Å². The average molecular weight is 423 g/mol. The number of ketones is 1. The van der Waals surface area contributed by atoms with Crippen LogP contribution in [0.3, 0.4) is 0 Å². The molecule has 6 heteroatoms. The van der Waals surface area contributed by atoms with Gasteiger partial charge in [-0.3, -0.25) is 14.6 Å². The molecule has 1 aliphatic heterocycles. The molecule has 2 aromatic rings. The lowest BCUT2D eigenvalue weighted by Gasteiger charge is -2.25. The van der Waals surface area contributed by atoms with Gasteiger partial charge < -0.3 is 14.7 Å². The molecule has 1 unspecified atom stereocenters. The van der Waals surface area contributed by atoms with Gasteiger partial charge in [0.15, 0.2) is 0 Å². The number of rotatable bonds is 8. The fourth-order valence-corrected chi connectivity index (χ4v) is 4.02. The molecular formula is C25H30N2O4. The molecule has 1 aromatic carbocycles. The Morgan fingerprint density at radius 2 is 2.00 bits per heavy atom. The standard InChI is InChI=1S/C25H30N2O4/c1-5-6-7-13-27-22(18-9-8-12-26-15-18)21(24(29)25(27)30)23(28)17-10-11-20(31-4)19(14-17)16(2)3/h8-12,14-16,22,28H,5-7,13H2,1-4H3/b23-21-. The first-order chi connectivity index (χ1) is 14.9. The summed E-state index contributed by atoms with van der Waals surface area (Å²) in [6.07, 6.45) is 6.04. The molecule has 0 saturated carbocycles. The zero-order valence-corrected chi connectivity index (χ0v) is 18.6. The van der Waals surface area contributed by atoms with E-state index < -0.39 is 17.7 Å². The summed E-state index contributed by atoms with van der Waals surface area (Å²) < 4.78 is 5.43. The maximum absolute atomic E-state index is 13.0. The number of aromatic nitrogens is 1. The average Bonchev–Trinajstić information content (AvgIpc) is 3.03. The Bertz CT molecular complexity index is 982. The summed E-state index contributed by atoms with van der Waals surface area (Å²) in [5.74, 6) is -0.535. The van der Waals surface area contributed by atoms with E-state index in [-0.39, 0.29) is 17.3 Å². The second-order valence-corrected chi connectivity index (χ2v) is 8.10. The van der Waals surface area contributed by atoms with Crippen LogP contribution >= 0.6 is 0 Å². The molecule has 31 heavy (non-hydrogen) atoms. The molecule has 2 heterocycles. The fourth-order valence-electron chi connectivity index (χ4n) is 4.02. The van der Waals surface area contributed by atoms with Crippen molar-refractivity contribution in [3.63, 3.8) is 0 Å². The third-order valence-electron chi connectivity index (χ3n) is 5.67. The molecule has 1 fully saturated rings. The van der Waals surface area contributed by atoms with Crippen LogP contribution in [0, 0.1) is 0 Å². The maximum Gasteiger partial charge on any atom is 0.295 e. The highest BCUT2D eigenvalue weighted by Gasteiger charge is 2.45. The van der Waals surface area contributed by atoms with E-state index in [4.69, 9.17) is 4.74 Å². The number of aliphatic hydroxyl groups is 1. The lowest BCUT2D eigenvalue weighted by Crippen LogP contribution is -2.30. The largest absolute Gasteiger partial charge is 0.507 e. The molecule has 1 atom stereocenters. The van der Waals surface area contributed by atoms with Crippen molar-refractivity contribution in [1.82, 2.24) is 9.88 Å². The van der Waals surface area contributed by atoms with Crippen LogP contribution in [-0.2, 0) is 9.59 Å². The Morgan fingerprint density at radius 1 is 1.23 bits per heavy atom. The number of Topliss-reactive ketones (excluding diaryl/α,β-unsaturated/α-hetero) is 1. The molecule has 6 nitrogen and oxygen atoms in total. The molecule has 3 rings (SSSR count). The molecule has 1 amide bonds. The summed E-state index contributed by atoms with van der Waals surface area (Å²) >= 11 is 0. The second-order valence-electron chi connectivity index (χ2n) is 8.10. The Morgan fingerprint density at radius 3 is 2.61 bits per heavy atom. The molecule has 0 aliphatic carbocycles. The van der Waals surface area contributed by atoms with Crippen molar-refractivity contribution >= 4 is 17.4 Å². The van der Waals surface area contributed by atoms with Crippen LogP contribution in [0.25, 0.3) is 5.76 Å². The van der Waals surface area contributed by atoms with E-state index in [1.54, 1.807) is 42.6 Å². The number of carbonyl (C=O) groups excluding carboxylic acids is 2. The van der Waals surface area contributed by atoms with Crippen molar-refractivity contribution in [3.8, 4) is 5.75 Å². The minimum Gasteiger partial charge on any atom is -0.507 e. The number of ether oxygens (including phenoxy) is 1. The molecule has 0 radical (unpaired) electrons. The molecule has 1 saturated heterocycles. The number of nitrogens with zero attached hydrogens (tertiary/aromatic N) is 2. The normalized spacial score (nSPS) is 18.1. The lowest BCUT2D eigenvalue weighted by molar-refractivity contribution is -0.139. The first-order valence-electron chi connectivity index (χ1n) is 10.8. The van der Waals surface area contributed by atoms with Crippen LogP contribution in [-0.4, -0.2) is 40.3 Å². The van der Waals surface area contributed by atoms with Gasteiger partial charge in [0.2, 0.25) is 0 Å². The summed E-state index contributed by atoms with van der Waals surface area (Å²) in [6, 6.07) is 8.26. The maximum atomic E-state index is 13.0. The van der Waals surface area contributed by atoms with Gasteiger partial charge in [0.25, 0.3) is 11.7 Å². The molecule has 0 spiro atoms. The SMILES string of the molecule is CCCCCN1C(=O)C(=O)/C(=C(\O)c2ccc(OC)c(C(C)C)c2)C1c1cccnc1. The number of methoxy groups -OCH3 is 1. The Labute approximate surface area is 183 Å². The zero-order valence-electron chi connectivity index (χ0n) is 18.6. The number of hydrogen-bond donors (Lipinski definition) is 1. The number of carbonyl (C=O) groups is 2. The van der Waals surface area contributed by atoms with E-state index in [1.807, 2.05) is 26.0 Å². The van der Waals surface area contributed by atoms with Crippen molar-refractivity contribution in [2.75, 3.05) is 13.7 Å². The Kier molecular flexibility index (Phi) is 7.10. The van der Waals surface area contributed by atoms with Crippen LogP contribution in [0.4, 0.5) is 0 Å². The molecule has 0 bridgehead atoms. The zero-order chi connectivity index (χ0) is 22.5. The first kappa shape index (κ1) is 22.5. The van der Waals surface area contributed by atoms with Gasteiger partial charge in [-0.1, -0.05) is 39.7 Å². The van der Waals surface area contributed by atoms with Gasteiger partial charge in [0.05, 0.1) is 18.7 Å². The first-order valence-corrected chi connectivity index (χ1v) is 10.8. The van der Waals surface area contributed by atoms with Gasteiger partial charge in [-0.05, 0) is 47.7 Å². The summed E-state index contributed by atoms with van der Waals surface area (Å²) in [4.78, 5) is 31.7. The number of amides is 1. The van der Waals surface area contributed by atoms with Gasteiger partial charge in [0, 0.05) is 24.5 Å². The number of likely N-dealkylation sites (tertiary alicyclic amines) is 1. The van der Waals surface area contributed by atoms with Crippen molar-refractivity contribution in [2.24, 2.45) is 0 Å². The van der Waals surface area contributed by atoms with Gasteiger partial charge in [0.1, 0.15) is 11.5 Å². The highest BCUT2D eigenvalue weighted by atomic mass is 16.5. The van der Waals surface area contributed by atoms with Crippen LogP contribution < -0.4 is 4.74 Å². The number of aliphatic hydroxyl groups excluding tert-OH is 1. The number of hydrogen-bond acceptors (Lipinski definition) is 5. The van der Waals surface area contributed by atoms with Gasteiger partial charge >= 0.3 is 0 Å². The molecule has 1 N–H and O–H groups in total. The summed E-state index contributed by atoms with van der Waals surface area (Å²) in [5.41, 5.74) is 2.22. The highest BCUT2D eigenvalue weighted by Crippen LogP contribution is 2.40. The van der Waals surface area contributed by atoms with Gasteiger partial charge in [-0.2, -0.15) is 0 Å². The quantitative estimate of drug-likeness (QED) is 0.285. The molecule has 164 valence electrons. The van der Waals surface area contributed by atoms with Gasteiger partial charge in [-0.15, -0.1) is 0 Å². The third-order valence-corrected chi connectivity index (χ3v) is 5.67. The van der Waals surface area contributed by atoms with Crippen LogP contribution in [0.1, 0.15) is 68.7 Å². The topological polar surface area (TPSA) is 79.7 Å². The van der Waals surface area contributed by atoms with E-state index >= 15 is 0 Å². The van der Waals surface area contributed by atoms with Crippen molar-refractivity contribution < 1.29 is 19.4 Å². The summed E-state index contributed by atoms with van der Waals surface area (Å²) in [7, 11) is 1.60. The summed E-state index contributed by atoms with van der Waals surface area (Å²) in [5, 5.41) is 11.2. The second kappa shape index (κ2) is 9.77. The van der Waals surface area contributed by atoms with Crippen molar-refractivity contribution in [3.05, 3.63) is 65.0 Å². The van der Waals surface area contributed by atoms with E-state index in [0.29, 0.717) is 17.7 Å². The van der Waals surface area contributed by atoms with Crippen LogP contribution in [0.15, 0.2) is 48.3 Å². The van der Waals surface area contributed by atoms with Crippen molar-refractivity contribution in [2.45, 2.75) is 52.0 Å². The minimum absolute atomic E-state index is 0.106. The fraction of sp³-hybridized carbons (Fsp3) is 0.400. The highest BCUT2D eigenvalue weighted by molar-refractivity contribution is 6.46. The predicted octanol–water partition coefficient (Wildman–Crippen LogP) is 4.83. The molecular weight excluding hydrogens is 392 g/mol. The predicted molar refractivity (Wildman–Crippen MR) is 120 cm³/mol. The smallest absolute Gasteiger partial charge is 0.295 e. The van der Waals surface area contributed by atoms with E-state index in [9.17, 15) is 14.7 Å². The van der Waals surface area contributed by atoms with E-state index in [1.165, 1.54) is 0 Å². The monoisotopic (exact) mass is 422 g/mol. The minimum atomic E-state index is -0.662. The van der Waals surface area contributed by atoms with Crippen LogP contribution in [0.5, 0.6) is 5.75 Å². The van der Waals surface area contributed by atoms with E-state index in [2.05, 4.69) is 11.9 Å². The number of pyridine rings is 1. The van der Waals surface area contributed by atoms with Gasteiger partial charge in [-0.25, -0.2) is 0 Å². The lowest BCUT2D eigenvalue weighted by atomic mass is 9.93. The molecule has 1 aliphatic rings. The number of unbranched alkanes of at least 4 members (excludes halogenated alkanes) is 2. The summed E-state index contributed by atoms with van der Waals surface area (Å²) in [6.45, 7) is 6.60. The Hall–Kier alpha value is -3.15. The Balaban J connectivity index is 2.14. The van der Waals surface area contributed by atoms with E-state index in [0.717, 1.165) is 30.6 Å². The third kappa shape index (κ3) is 4.48. The molecule has 1 aromatic heterocycles.